The monoisotopic (exact) mass is 325 g/mol. The Hall–Kier alpha value is -1.68. The van der Waals surface area contributed by atoms with E-state index in [1.807, 2.05) is 12.3 Å². The summed E-state index contributed by atoms with van der Waals surface area (Å²) in [5, 5.41) is 0. The van der Waals surface area contributed by atoms with Crippen molar-refractivity contribution < 1.29 is 13.5 Å². The van der Waals surface area contributed by atoms with Crippen molar-refractivity contribution >= 4 is 11.6 Å². The van der Waals surface area contributed by atoms with Gasteiger partial charge in [-0.25, -0.2) is 0 Å². The number of aromatic nitrogens is 1. The van der Waals surface area contributed by atoms with Gasteiger partial charge >= 0.3 is 5.57 Å². The lowest BCUT2D eigenvalue weighted by molar-refractivity contribution is -0.0964. The molecule has 118 valence electrons. The van der Waals surface area contributed by atoms with E-state index in [1.165, 1.54) is 30.5 Å². The van der Waals surface area contributed by atoms with Gasteiger partial charge in [-0.1, -0.05) is 25.8 Å². The van der Waals surface area contributed by atoms with Gasteiger partial charge in [0, 0.05) is 23.4 Å². The molecular formula is C17H18ClF2NO. The minimum atomic E-state index is -3.69. The van der Waals surface area contributed by atoms with Crippen molar-refractivity contribution in [1.29, 1.82) is 0 Å². The molecule has 0 spiro atoms. The second-order valence-corrected chi connectivity index (χ2v) is 5.52. The molecule has 0 amide bonds. The van der Waals surface area contributed by atoms with Crippen molar-refractivity contribution in [1.82, 2.24) is 4.98 Å². The average Bonchev–Trinajstić information content (AvgIpc) is 2.48. The Morgan fingerprint density at radius 1 is 1.09 bits per heavy atom. The van der Waals surface area contributed by atoms with Gasteiger partial charge in [0.05, 0.1) is 5.69 Å². The predicted molar refractivity (Wildman–Crippen MR) is 84.3 cm³/mol. The number of aryl methyl sites for hydroxylation is 1. The Morgan fingerprint density at radius 3 is 2.36 bits per heavy atom. The van der Waals surface area contributed by atoms with Crippen LogP contribution in [0, 0.1) is 0 Å². The first-order valence-corrected chi connectivity index (χ1v) is 7.67. The van der Waals surface area contributed by atoms with Crippen LogP contribution in [0.4, 0.5) is 8.78 Å². The second-order valence-electron chi connectivity index (χ2n) is 5.08. The Kier molecular flexibility index (Phi) is 5.72. The number of unbranched alkanes of at least 4 members (excludes halogenated alkanes) is 2. The maximum Gasteiger partial charge on any atom is 0.487 e. The SMILES string of the molecule is CCCCCc1ccc(-c2ccc(OC(F)(F)Cl)cc2)nc1. The van der Waals surface area contributed by atoms with Crippen LogP contribution in [0.2, 0.25) is 0 Å². The van der Waals surface area contributed by atoms with E-state index in [0.717, 1.165) is 24.1 Å². The number of benzene rings is 1. The van der Waals surface area contributed by atoms with Crippen molar-refractivity contribution in [3.63, 3.8) is 0 Å². The van der Waals surface area contributed by atoms with Crippen LogP contribution in [0.1, 0.15) is 31.7 Å². The summed E-state index contributed by atoms with van der Waals surface area (Å²) in [4.78, 5) is 4.42. The maximum atomic E-state index is 12.5. The Labute approximate surface area is 134 Å². The second kappa shape index (κ2) is 7.54. The average molecular weight is 326 g/mol. The lowest BCUT2D eigenvalue weighted by Gasteiger charge is -2.10. The Bertz CT molecular complexity index is 579. The number of pyridine rings is 1. The van der Waals surface area contributed by atoms with Crippen LogP contribution in [0.5, 0.6) is 5.75 Å². The third kappa shape index (κ3) is 5.26. The highest BCUT2D eigenvalue weighted by atomic mass is 35.5. The molecule has 1 heterocycles. The van der Waals surface area contributed by atoms with Crippen LogP contribution in [0.3, 0.4) is 0 Å². The van der Waals surface area contributed by atoms with E-state index in [0.29, 0.717) is 0 Å². The van der Waals surface area contributed by atoms with Gasteiger partial charge in [-0.05, 0) is 48.7 Å². The van der Waals surface area contributed by atoms with Crippen molar-refractivity contribution in [2.24, 2.45) is 0 Å². The first-order valence-electron chi connectivity index (χ1n) is 7.29. The van der Waals surface area contributed by atoms with Crippen molar-refractivity contribution in [2.45, 2.75) is 38.2 Å². The molecule has 2 rings (SSSR count). The van der Waals surface area contributed by atoms with E-state index in [2.05, 4.69) is 22.7 Å². The van der Waals surface area contributed by atoms with Gasteiger partial charge in [-0.15, -0.1) is 8.78 Å². The number of rotatable bonds is 7. The summed E-state index contributed by atoms with van der Waals surface area (Å²) in [7, 11) is 0. The molecule has 0 atom stereocenters. The summed E-state index contributed by atoms with van der Waals surface area (Å²) in [6.45, 7) is 2.18. The van der Waals surface area contributed by atoms with Crippen LogP contribution >= 0.6 is 11.6 Å². The molecule has 1 aromatic carbocycles. The van der Waals surface area contributed by atoms with Gasteiger partial charge in [-0.2, -0.15) is 0 Å². The molecule has 1 aromatic heterocycles. The zero-order chi connectivity index (χ0) is 16.0. The molecule has 0 radical (unpaired) electrons. The summed E-state index contributed by atoms with van der Waals surface area (Å²) < 4.78 is 29.3. The first-order chi connectivity index (χ1) is 10.5. The van der Waals surface area contributed by atoms with Gasteiger partial charge in [0.2, 0.25) is 0 Å². The number of halogens is 3. The van der Waals surface area contributed by atoms with E-state index in [1.54, 1.807) is 12.1 Å². The normalized spacial score (nSPS) is 11.5. The molecule has 0 fully saturated rings. The quantitative estimate of drug-likeness (QED) is 0.485. The lowest BCUT2D eigenvalue weighted by atomic mass is 10.1. The zero-order valence-electron chi connectivity index (χ0n) is 12.4. The summed E-state index contributed by atoms with van der Waals surface area (Å²) >= 11 is 4.73. The van der Waals surface area contributed by atoms with Crippen LogP contribution < -0.4 is 4.74 Å². The standard InChI is InChI=1S/C17H18ClF2NO/c1-2-3-4-5-13-6-11-16(21-12-13)14-7-9-15(10-8-14)22-17(18,19)20/h6-12H,2-5H2,1H3. The molecule has 0 N–H and O–H groups in total. The van der Waals surface area contributed by atoms with E-state index in [-0.39, 0.29) is 5.75 Å². The zero-order valence-corrected chi connectivity index (χ0v) is 13.1. The first kappa shape index (κ1) is 16.7. The molecule has 0 bridgehead atoms. The highest BCUT2D eigenvalue weighted by Gasteiger charge is 2.27. The fourth-order valence-electron chi connectivity index (χ4n) is 2.15. The highest BCUT2D eigenvalue weighted by molar-refractivity contribution is 6.20. The van der Waals surface area contributed by atoms with Crippen molar-refractivity contribution in [3.8, 4) is 17.0 Å². The third-order valence-corrected chi connectivity index (χ3v) is 3.35. The van der Waals surface area contributed by atoms with Crippen LogP contribution in [0.25, 0.3) is 11.3 Å². The fraction of sp³-hybridized carbons (Fsp3) is 0.353. The largest absolute Gasteiger partial charge is 0.487 e. The predicted octanol–water partition coefficient (Wildman–Crippen LogP) is 5.65. The van der Waals surface area contributed by atoms with Crippen molar-refractivity contribution in [2.75, 3.05) is 0 Å². The number of nitrogens with zero attached hydrogens (tertiary/aromatic N) is 1. The van der Waals surface area contributed by atoms with Gasteiger partial charge in [-0.3, -0.25) is 4.98 Å². The number of hydrogen-bond acceptors (Lipinski definition) is 2. The molecule has 5 heteroatoms. The van der Waals surface area contributed by atoms with Gasteiger partial charge < -0.3 is 4.74 Å². The molecule has 0 saturated heterocycles. The summed E-state index contributed by atoms with van der Waals surface area (Å²) in [6.07, 6.45) is 6.47. The Balaban J connectivity index is 2.02. The lowest BCUT2D eigenvalue weighted by Crippen LogP contribution is -2.15. The molecule has 0 aliphatic rings. The molecule has 22 heavy (non-hydrogen) atoms. The van der Waals surface area contributed by atoms with E-state index in [4.69, 9.17) is 11.6 Å². The summed E-state index contributed by atoms with van der Waals surface area (Å²) in [5.41, 5.74) is -0.854. The highest BCUT2D eigenvalue weighted by Crippen LogP contribution is 2.27. The van der Waals surface area contributed by atoms with E-state index in [9.17, 15) is 8.78 Å². The summed E-state index contributed by atoms with van der Waals surface area (Å²) in [5.74, 6) is 0.0138. The van der Waals surface area contributed by atoms with Crippen LogP contribution in [-0.4, -0.2) is 10.6 Å². The van der Waals surface area contributed by atoms with Crippen LogP contribution in [-0.2, 0) is 6.42 Å². The molecule has 0 unspecified atom stereocenters. The molecule has 0 aliphatic heterocycles. The number of ether oxygens (including phenoxy) is 1. The van der Waals surface area contributed by atoms with Gasteiger partial charge in [0.25, 0.3) is 0 Å². The van der Waals surface area contributed by atoms with E-state index >= 15 is 0 Å². The minimum Gasteiger partial charge on any atom is -0.420 e. The van der Waals surface area contributed by atoms with E-state index < -0.39 is 5.57 Å². The van der Waals surface area contributed by atoms with Gasteiger partial charge in [0.15, 0.2) is 0 Å². The molecule has 2 aromatic rings. The third-order valence-electron chi connectivity index (χ3n) is 3.28. The fourth-order valence-corrected chi connectivity index (χ4v) is 2.24. The molecule has 2 nitrogen and oxygen atoms in total. The van der Waals surface area contributed by atoms with Crippen molar-refractivity contribution in [3.05, 3.63) is 48.2 Å². The maximum absolute atomic E-state index is 12.5. The molecule has 0 saturated carbocycles. The Morgan fingerprint density at radius 2 is 1.82 bits per heavy atom. The minimum absolute atomic E-state index is 0.0138. The topological polar surface area (TPSA) is 22.1 Å². The molecular weight excluding hydrogens is 308 g/mol. The number of alkyl halides is 3. The summed E-state index contributed by atoms with van der Waals surface area (Å²) in [6, 6.07) is 10.2. The van der Waals surface area contributed by atoms with Crippen LogP contribution in [0.15, 0.2) is 42.6 Å². The molecule has 0 aliphatic carbocycles. The van der Waals surface area contributed by atoms with Gasteiger partial charge in [0.1, 0.15) is 5.75 Å². The number of hydrogen-bond donors (Lipinski definition) is 0. The smallest absolute Gasteiger partial charge is 0.420 e.